The zero-order valence-electron chi connectivity index (χ0n) is 9.32. The Labute approximate surface area is 95.4 Å². The summed E-state index contributed by atoms with van der Waals surface area (Å²) in [6.45, 7) is 1.65. The average Bonchev–Trinajstić information content (AvgIpc) is 2.29. The summed E-state index contributed by atoms with van der Waals surface area (Å²) in [6.07, 6.45) is 6.37. The lowest BCUT2D eigenvalue weighted by Crippen LogP contribution is -1.95. The molecule has 1 aromatic carbocycles. The first-order chi connectivity index (χ1) is 7.43. The molecule has 1 nitrogen and oxygen atoms in total. The summed E-state index contributed by atoms with van der Waals surface area (Å²) in [6, 6.07) is 10.4. The number of hydrogen-bond acceptors (Lipinski definition) is 1. The average molecular weight is 224 g/mol. The third kappa shape index (κ3) is 6.65. The van der Waals surface area contributed by atoms with Crippen molar-refractivity contribution in [3.05, 3.63) is 35.9 Å². The van der Waals surface area contributed by atoms with Crippen LogP contribution in [0.1, 0.15) is 31.2 Å². The Balaban J connectivity index is 1.93. The quantitative estimate of drug-likeness (QED) is 0.484. The summed E-state index contributed by atoms with van der Waals surface area (Å²) in [5, 5.41) is 0. The normalized spacial score (nSPS) is 10.5. The van der Waals surface area contributed by atoms with Crippen molar-refractivity contribution in [2.45, 2.75) is 32.3 Å². The fourth-order valence-corrected chi connectivity index (χ4v) is 1.75. The largest absolute Gasteiger partial charge is 0.377 e. The van der Waals surface area contributed by atoms with Gasteiger partial charge in [-0.25, -0.2) is 0 Å². The molecule has 0 N–H and O–H groups in total. The van der Waals surface area contributed by atoms with Crippen LogP contribution in [-0.4, -0.2) is 12.8 Å². The summed E-state index contributed by atoms with van der Waals surface area (Å²) in [4.78, 5) is 0. The Morgan fingerprint density at radius 3 is 2.40 bits per heavy atom. The summed E-state index contributed by atoms with van der Waals surface area (Å²) in [7, 11) is 2.77. The highest BCUT2D eigenvalue weighted by Crippen LogP contribution is 2.04. The number of hydrogen-bond donors (Lipinski definition) is 0. The first kappa shape index (κ1) is 12.7. The van der Waals surface area contributed by atoms with E-state index in [0.29, 0.717) is 0 Å². The fraction of sp³-hybridized carbons (Fsp3) is 0.538. The highest BCUT2D eigenvalue weighted by Gasteiger charge is 1.92. The molecule has 0 amide bonds. The van der Waals surface area contributed by atoms with Crippen LogP contribution in [0.5, 0.6) is 0 Å². The van der Waals surface area contributed by atoms with E-state index in [1.807, 2.05) is 6.07 Å². The summed E-state index contributed by atoms with van der Waals surface area (Å²) < 4.78 is 5.59. The second-order valence-corrected chi connectivity index (χ2v) is 4.32. The van der Waals surface area contributed by atoms with E-state index < -0.39 is 0 Å². The van der Waals surface area contributed by atoms with E-state index in [0.717, 1.165) is 13.2 Å². The molecular weight excluding hydrogens is 203 g/mol. The predicted octanol–water partition coefficient (Wildman–Crippen LogP) is 3.64. The molecule has 0 spiro atoms. The third-order valence-electron chi connectivity index (χ3n) is 2.35. The maximum absolute atomic E-state index is 5.59. The van der Waals surface area contributed by atoms with Crippen molar-refractivity contribution in [2.24, 2.45) is 0 Å². The molecule has 15 heavy (non-hydrogen) atoms. The summed E-state index contributed by atoms with van der Waals surface area (Å²) in [5.41, 5.74) is 1.27. The highest BCUT2D eigenvalue weighted by atomic mass is 31.0. The molecule has 0 aliphatic heterocycles. The zero-order valence-corrected chi connectivity index (χ0v) is 10.5. The second kappa shape index (κ2) is 8.88. The van der Waals surface area contributed by atoms with E-state index in [1.54, 1.807) is 0 Å². The molecule has 0 heterocycles. The molecule has 1 rings (SSSR count). The van der Waals surface area contributed by atoms with Gasteiger partial charge in [-0.2, -0.15) is 0 Å². The van der Waals surface area contributed by atoms with Gasteiger partial charge in [-0.1, -0.05) is 43.2 Å². The van der Waals surface area contributed by atoms with Crippen molar-refractivity contribution in [1.29, 1.82) is 0 Å². The van der Waals surface area contributed by atoms with Crippen molar-refractivity contribution < 1.29 is 4.74 Å². The van der Waals surface area contributed by atoms with Gasteiger partial charge >= 0.3 is 0 Å². The highest BCUT2D eigenvalue weighted by molar-refractivity contribution is 7.16. The van der Waals surface area contributed by atoms with Gasteiger partial charge in [-0.3, -0.25) is 0 Å². The monoisotopic (exact) mass is 224 g/mol. The number of rotatable bonds is 8. The SMILES string of the molecule is PCCCCCCOCc1ccccc1. The summed E-state index contributed by atoms with van der Waals surface area (Å²) >= 11 is 0. The second-order valence-electron chi connectivity index (χ2n) is 3.74. The molecule has 1 unspecified atom stereocenters. The van der Waals surface area contributed by atoms with Gasteiger partial charge in [-0.15, -0.1) is 9.24 Å². The van der Waals surface area contributed by atoms with E-state index >= 15 is 0 Å². The topological polar surface area (TPSA) is 9.23 Å². The lowest BCUT2D eigenvalue weighted by atomic mass is 10.2. The van der Waals surface area contributed by atoms with Crippen LogP contribution in [0.15, 0.2) is 30.3 Å². The van der Waals surface area contributed by atoms with Crippen LogP contribution in [-0.2, 0) is 11.3 Å². The standard InChI is InChI=1S/C13H21OP/c15-11-7-2-1-6-10-14-12-13-8-4-3-5-9-13/h3-5,8-9H,1-2,6-7,10-12,15H2. The fourth-order valence-electron chi connectivity index (χ4n) is 1.47. The van der Waals surface area contributed by atoms with E-state index in [2.05, 4.69) is 33.5 Å². The van der Waals surface area contributed by atoms with Crippen LogP contribution < -0.4 is 0 Å². The smallest absolute Gasteiger partial charge is 0.0716 e. The minimum absolute atomic E-state index is 0.754. The van der Waals surface area contributed by atoms with Crippen LogP contribution in [0.25, 0.3) is 0 Å². The van der Waals surface area contributed by atoms with Gasteiger partial charge < -0.3 is 4.74 Å². The Kier molecular flexibility index (Phi) is 7.51. The number of ether oxygens (including phenoxy) is 1. The molecule has 0 fully saturated rings. The van der Waals surface area contributed by atoms with E-state index in [9.17, 15) is 0 Å². The van der Waals surface area contributed by atoms with Crippen molar-refractivity contribution in [3.63, 3.8) is 0 Å². The zero-order chi connectivity index (χ0) is 10.8. The Bertz CT molecular complexity index is 236. The Morgan fingerprint density at radius 2 is 1.67 bits per heavy atom. The first-order valence-corrected chi connectivity index (χ1v) is 6.57. The number of benzene rings is 1. The lowest BCUT2D eigenvalue weighted by molar-refractivity contribution is 0.117. The van der Waals surface area contributed by atoms with Gasteiger partial charge in [-0.05, 0) is 24.6 Å². The Hall–Kier alpha value is -0.390. The lowest BCUT2D eigenvalue weighted by Gasteiger charge is -2.03. The molecule has 0 bridgehead atoms. The maximum Gasteiger partial charge on any atom is 0.0716 e. The van der Waals surface area contributed by atoms with Crippen LogP contribution in [0.3, 0.4) is 0 Å². The van der Waals surface area contributed by atoms with Gasteiger partial charge in [0.25, 0.3) is 0 Å². The van der Waals surface area contributed by atoms with Crippen molar-refractivity contribution in [1.82, 2.24) is 0 Å². The van der Waals surface area contributed by atoms with Crippen molar-refractivity contribution in [3.8, 4) is 0 Å². The molecule has 0 aromatic heterocycles. The maximum atomic E-state index is 5.59. The third-order valence-corrected chi connectivity index (χ3v) is 2.76. The van der Waals surface area contributed by atoms with Gasteiger partial charge in [0, 0.05) is 6.61 Å². The minimum atomic E-state index is 0.754. The van der Waals surface area contributed by atoms with Crippen LogP contribution in [0.4, 0.5) is 0 Å². The number of unbranched alkanes of at least 4 members (excludes halogenated alkanes) is 3. The van der Waals surface area contributed by atoms with Gasteiger partial charge in [0.15, 0.2) is 0 Å². The van der Waals surface area contributed by atoms with E-state index in [-0.39, 0.29) is 0 Å². The Morgan fingerprint density at radius 1 is 0.933 bits per heavy atom. The van der Waals surface area contributed by atoms with Crippen LogP contribution >= 0.6 is 9.24 Å². The molecule has 1 atom stereocenters. The van der Waals surface area contributed by atoms with Gasteiger partial charge in [0.05, 0.1) is 6.61 Å². The molecular formula is C13H21OP. The molecule has 84 valence electrons. The molecule has 0 saturated heterocycles. The molecule has 0 radical (unpaired) electrons. The predicted molar refractivity (Wildman–Crippen MR) is 69.1 cm³/mol. The van der Waals surface area contributed by atoms with Crippen molar-refractivity contribution >= 4 is 9.24 Å². The van der Waals surface area contributed by atoms with Gasteiger partial charge in [0.2, 0.25) is 0 Å². The van der Waals surface area contributed by atoms with E-state index in [1.165, 1.54) is 37.4 Å². The molecule has 2 heteroatoms. The van der Waals surface area contributed by atoms with Crippen LogP contribution in [0.2, 0.25) is 0 Å². The van der Waals surface area contributed by atoms with Gasteiger partial charge in [0.1, 0.15) is 0 Å². The molecule has 1 aromatic rings. The minimum Gasteiger partial charge on any atom is -0.377 e. The van der Waals surface area contributed by atoms with Crippen LogP contribution in [0, 0.1) is 0 Å². The molecule has 0 saturated carbocycles. The first-order valence-electron chi connectivity index (χ1n) is 5.75. The molecule has 0 aliphatic rings. The molecule has 0 aliphatic carbocycles. The van der Waals surface area contributed by atoms with Crippen molar-refractivity contribution in [2.75, 3.05) is 12.8 Å². The summed E-state index contributed by atoms with van der Waals surface area (Å²) in [5.74, 6) is 0. The van der Waals surface area contributed by atoms with E-state index in [4.69, 9.17) is 4.74 Å².